The number of amides is 2. The molecule has 1 heterocycles. The average Bonchev–Trinajstić information content (AvgIpc) is 3.04. The number of urea groups is 1. The van der Waals surface area contributed by atoms with Crippen LogP contribution in [-0.2, 0) is 0 Å². The molecule has 0 unspecified atom stereocenters. The summed E-state index contributed by atoms with van der Waals surface area (Å²) in [5.74, 6) is 0. The van der Waals surface area contributed by atoms with E-state index >= 15 is 0 Å². The number of aliphatic hydroxyl groups excluding tert-OH is 1. The van der Waals surface area contributed by atoms with Crippen molar-refractivity contribution in [3.8, 4) is 0 Å². The molecule has 0 saturated carbocycles. The number of aliphatic hydroxyl groups is 1. The van der Waals surface area contributed by atoms with Crippen molar-refractivity contribution in [1.82, 2.24) is 15.1 Å². The van der Waals surface area contributed by atoms with Gasteiger partial charge in [0.25, 0.3) is 0 Å². The molecule has 0 fully saturated rings. The second-order valence-electron chi connectivity index (χ2n) is 6.22. The van der Waals surface area contributed by atoms with E-state index in [-0.39, 0.29) is 18.7 Å². The minimum atomic E-state index is -0.450. The Labute approximate surface area is 146 Å². The summed E-state index contributed by atoms with van der Waals surface area (Å²) in [5.41, 5.74) is 2.42. The Hall–Kier alpha value is -2.86. The number of carbonyl (C=O) groups is 1. The van der Waals surface area contributed by atoms with Crippen LogP contribution in [0.15, 0.2) is 54.7 Å². The van der Waals surface area contributed by atoms with Crippen molar-refractivity contribution < 1.29 is 9.90 Å². The van der Waals surface area contributed by atoms with E-state index in [9.17, 15) is 9.90 Å². The van der Waals surface area contributed by atoms with E-state index in [0.29, 0.717) is 5.69 Å². The van der Waals surface area contributed by atoms with E-state index in [1.54, 1.807) is 0 Å². The van der Waals surface area contributed by atoms with Gasteiger partial charge in [0, 0.05) is 23.3 Å². The lowest BCUT2D eigenvalue weighted by Crippen LogP contribution is -2.34. The van der Waals surface area contributed by atoms with Crippen molar-refractivity contribution >= 4 is 22.6 Å². The van der Waals surface area contributed by atoms with Crippen LogP contribution >= 0.6 is 0 Å². The minimum absolute atomic E-state index is 0.169. The molecule has 0 aliphatic heterocycles. The number of anilines is 1. The monoisotopic (exact) mass is 338 g/mol. The first kappa shape index (κ1) is 17.0. The van der Waals surface area contributed by atoms with Crippen LogP contribution in [0.4, 0.5) is 10.5 Å². The summed E-state index contributed by atoms with van der Waals surface area (Å²) < 4.78 is 1.89. The zero-order valence-electron chi connectivity index (χ0n) is 14.3. The molecule has 6 heteroatoms. The predicted octanol–water partition coefficient (Wildman–Crippen LogP) is 3.47. The van der Waals surface area contributed by atoms with Crippen molar-refractivity contribution in [3.05, 3.63) is 60.3 Å². The number of aromatic nitrogens is 2. The number of nitrogens with one attached hydrogen (secondary N) is 2. The molecule has 0 aliphatic rings. The molecular weight excluding hydrogens is 316 g/mol. The van der Waals surface area contributed by atoms with Gasteiger partial charge in [-0.05, 0) is 37.6 Å². The largest absolute Gasteiger partial charge is 0.394 e. The highest BCUT2D eigenvalue weighted by Gasteiger charge is 2.13. The second kappa shape index (κ2) is 7.36. The molecule has 1 aromatic heterocycles. The molecule has 0 saturated heterocycles. The number of nitrogens with zero attached hydrogens (tertiary/aromatic N) is 2. The molecule has 3 N–H and O–H groups in total. The molecule has 0 bridgehead atoms. The average molecular weight is 338 g/mol. The third-order valence-corrected chi connectivity index (χ3v) is 4.00. The van der Waals surface area contributed by atoms with Crippen molar-refractivity contribution in [2.75, 3.05) is 11.9 Å². The summed E-state index contributed by atoms with van der Waals surface area (Å²) in [6.45, 7) is 3.96. The molecule has 130 valence electrons. The first-order chi connectivity index (χ1) is 12.1. The third kappa shape index (κ3) is 3.97. The quantitative estimate of drug-likeness (QED) is 0.666. The molecule has 6 nitrogen and oxygen atoms in total. The highest BCUT2D eigenvalue weighted by Crippen LogP contribution is 2.20. The maximum Gasteiger partial charge on any atom is 0.319 e. The van der Waals surface area contributed by atoms with Gasteiger partial charge in [0.15, 0.2) is 0 Å². The summed E-state index contributed by atoms with van der Waals surface area (Å²) in [7, 11) is 0. The first-order valence-electron chi connectivity index (χ1n) is 8.29. The topological polar surface area (TPSA) is 79.2 Å². The molecule has 3 rings (SSSR count). The zero-order chi connectivity index (χ0) is 17.8. The van der Waals surface area contributed by atoms with Gasteiger partial charge in [0.1, 0.15) is 0 Å². The van der Waals surface area contributed by atoms with Gasteiger partial charge in [-0.15, -0.1) is 0 Å². The predicted molar refractivity (Wildman–Crippen MR) is 98.5 cm³/mol. The number of carbonyl (C=O) groups excluding carboxylic acids is 1. The van der Waals surface area contributed by atoms with Gasteiger partial charge in [-0.1, -0.05) is 30.3 Å². The van der Waals surface area contributed by atoms with Crippen LogP contribution in [0.2, 0.25) is 0 Å². The Balaban J connectivity index is 1.70. The first-order valence-corrected chi connectivity index (χ1v) is 8.29. The molecular formula is C19H22N4O2. The SMILES string of the molecule is CC(C)n1cc2cc(NC(=O)N[C@H](CO)c3ccccc3)ccc2n1. The van der Waals surface area contributed by atoms with Crippen LogP contribution < -0.4 is 10.6 Å². The van der Waals surface area contributed by atoms with Gasteiger partial charge in [0.05, 0.1) is 18.2 Å². The molecule has 2 amide bonds. The standard InChI is InChI=1S/C19H22N4O2/c1-13(2)23-11-15-10-16(8-9-17(15)22-23)20-19(25)21-18(12-24)14-6-4-3-5-7-14/h3-11,13,18,24H,12H2,1-2H3,(H2,20,21,25)/t18-/m1/s1. The van der Waals surface area contributed by atoms with Crippen LogP contribution in [0.3, 0.4) is 0 Å². The second-order valence-corrected chi connectivity index (χ2v) is 6.22. The number of hydrogen-bond acceptors (Lipinski definition) is 3. The Morgan fingerprint density at radius 2 is 1.96 bits per heavy atom. The van der Waals surface area contributed by atoms with Crippen LogP contribution in [0, 0.1) is 0 Å². The minimum Gasteiger partial charge on any atom is -0.394 e. The summed E-state index contributed by atoms with van der Waals surface area (Å²) in [6.07, 6.45) is 1.96. The Morgan fingerprint density at radius 3 is 2.64 bits per heavy atom. The van der Waals surface area contributed by atoms with Crippen LogP contribution in [0.5, 0.6) is 0 Å². The van der Waals surface area contributed by atoms with E-state index in [4.69, 9.17) is 0 Å². The van der Waals surface area contributed by atoms with Crippen LogP contribution in [-0.4, -0.2) is 27.5 Å². The zero-order valence-corrected chi connectivity index (χ0v) is 14.3. The summed E-state index contributed by atoms with van der Waals surface area (Å²) in [4.78, 5) is 12.3. The molecule has 3 aromatic rings. The lowest BCUT2D eigenvalue weighted by atomic mass is 10.1. The maximum atomic E-state index is 12.3. The summed E-state index contributed by atoms with van der Waals surface area (Å²) >= 11 is 0. The molecule has 1 atom stereocenters. The van der Waals surface area contributed by atoms with Gasteiger partial charge in [-0.2, -0.15) is 5.10 Å². The van der Waals surface area contributed by atoms with Crippen molar-refractivity contribution in [1.29, 1.82) is 0 Å². The number of fused-ring (bicyclic) bond motifs is 1. The Morgan fingerprint density at radius 1 is 1.20 bits per heavy atom. The molecule has 0 aliphatic carbocycles. The van der Waals surface area contributed by atoms with Gasteiger partial charge >= 0.3 is 6.03 Å². The van der Waals surface area contributed by atoms with E-state index in [1.165, 1.54) is 0 Å². The maximum absolute atomic E-state index is 12.3. The molecule has 25 heavy (non-hydrogen) atoms. The summed E-state index contributed by atoms with van der Waals surface area (Å²) in [6, 6.07) is 14.4. The molecule has 0 spiro atoms. The Bertz CT molecular complexity index is 858. The Kier molecular flexibility index (Phi) is 5.00. The van der Waals surface area contributed by atoms with E-state index in [1.807, 2.05) is 59.4 Å². The van der Waals surface area contributed by atoms with Crippen molar-refractivity contribution in [2.24, 2.45) is 0 Å². The van der Waals surface area contributed by atoms with Gasteiger partial charge in [0.2, 0.25) is 0 Å². The fourth-order valence-electron chi connectivity index (χ4n) is 2.63. The number of rotatable bonds is 5. The van der Waals surface area contributed by atoms with Crippen molar-refractivity contribution in [2.45, 2.75) is 25.9 Å². The van der Waals surface area contributed by atoms with Gasteiger partial charge < -0.3 is 15.7 Å². The lowest BCUT2D eigenvalue weighted by molar-refractivity contribution is 0.225. The highest BCUT2D eigenvalue weighted by atomic mass is 16.3. The lowest BCUT2D eigenvalue weighted by Gasteiger charge is -2.17. The van der Waals surface area contributed by atoms with E-state index in [0.717, 1.165) is 16.5 Å². The highest BCUT2D eigenvalue weighted by molar-refractivity contribution is 5.92. The van der Waals surface area contributed by atoms with Crippen LogP contribution in [0.25, 0.3) is 10.9 Å². The van der Waals surface area contributed by atoms with Gasteiger partial charge in [-0.3, -0.25) is 4.68 Å². The normalized spacial score (nSPS) is 12.3. The fourth-order valence-corrected chi connectivity index (χ4v) is 2.63. The van der Waals surface area contributed by atoms with Crippen LogP contribution in [0.1, 0.15) is 31.5 Å². The van der Waals surface area contributed by atoms with E-state index in [2.05, 4.69) is 29.6 Å². The molecule has 2 aromatic carbocycles. The third-order valence-electron chi connectivity index (χ3n) is 4.00. The number of benzene rings is 2. The number of hydrogen-bond donors (Lipinski definition) is 3. The van der Waals surface area contributed by atoms with Gasteiger partial charge in [-0.25, -0.2) is 4.79 Å². The van der Waals surface area contributed by atoms with E-state index < -0.39 is 6.04 Å². The van der Waals surface area contributed by atoms with Crippen molar-refractivity contribution in [3.63, 3.8) is 0 Å². The smallest absolute Gasteiger partial charge is 0.319 e. The fraction of sp³-hybridized carbons (Fsp3) is 0.263. The molecule has 0 radical (unpaired) electrons. The summed E-state index contributed by atoms with van der Waals surface area (Å²) in [5, 5.41) is 20.6.